The van der Waals surface area contributed by atoms with E-state index in [9.17, 15) is 59.7 Å². The second-order valence-corrected chi connectivity index (χ2v) is 50.3. The fraction of sp³-hybridized carbons (Fsp3) is 0.934. The topological polar surface area (TPSA) is 343 Å². The van der Waals surface area contributed by atoms with Crippen molar-refractivity contribution in [3.8, 4) is 0 Å². The van der Waals surface area contributed by atoms with Crippen LogP contribution in [0.2, 0.25) is 77.1 Å². The average Bonchev–Trinajstić information content (AvgIpc) is 0.773. The standard InChI is InChI=1S/C76H149N5O19Si3/c1-12-14-16-18-20-22-24-26-28-30-32-34-36-38-40-42-46-81(47-43-41-39-37-35-33-31-29-27-25-23-21-19-17-15-13-2)62(84)45-44-61(83)77-55-59-65(86)67(88)68(89)73(97-59)100-71-58(79-75(92)95-49-52-102(6,7)8)54-57(78-74(91)94-48-51-101(3,4)5)70(69(71)90)99-72-66(87)63(64(85)60(56-82)98-72)80-76(93)96-50-53-103(9,10)11/h57-60,63-73,82,85-90H,12-56H2,1-11H3,(H,77,83)(H,78,91)(H,79,92)(H,80,93)/t57-,58+,59-,60-,63+,64-,65-,66-,67+,68-,69-,70+,71+,72+,73+/m1/s1. The molecule has 0 aromatic rings. The summed E-state index contributed by atoms with van der Waals surface area (Å²) < 4.78 is 41.4. The first-order chi connectivity index (χ1) is 49.0. The van der Waals surface area contributed by atoms with Crippen molar-refractivity contribution >= 4 is 54.3 Å². The van der Waals surface area contributed by atoms with E-state index in [4.69, 9.17) is 33.2 Å². The number of ether oxygens (including phenoxy) is 7. The summed E-state index contributed by atoms with van der Waals surface area (Å²) in [7, 11) is -5.08. The third-order valence-electron chi connectivity index (χ3n) is 20.2. The van der Waals surface area contributed by atoms with Gasteiger partial charge in [-0.15, -0.1) is 0 Å². The van der Waals surface area contributed by atoms with E-state index >= 15 is 0 Å². The largest absolute Gasteiger partial charge is 0.450 e. The number of amides is 5. The zero-order valence-corrected chi connectivity index (χ0v) is 69.0. The Hall–Kier alpha value is -3.04. The van der Waals surface area contributed by atoms with Crippen molar-refractivity contribution in [3.05, 3.63) is 0 Å². The Morgan fingerprint density at radius 3 is 1.11 bits per heavy atom. The minimum atomic E-state index is -2.00. The van der Waals surface area contributed by atoms with Crippen LogP contribution in [0.15, 0.2) is 0 Å². The van der Waals surface area contributed by atoms with Crippen molar-refractivity contribution in [2.45, 2.75) is 407 Å². The highest BCUT2D eigenvalue weighted by molar-refractivity contribution is 6.76. The molecule has 3 aliphatic rings. The molecule has 24 nitrogen and oxygen atoms in total. The zero-order valence-electron chi connectivity index (χ0n) is 66.0. The normalized spacial score (nSPS) is 25.4. The van der Waals surface area contributed by atoms with Crippen LogP contribution in [0.3, 0.4) is 0 Å². The lowest BCUT2D eigenvalue weighted by Gasteiger charge is -2.49. The van der Waals surface area contributed by atoms with Gasteiger partial charge >= 0.3 is 18.3 Å². The first kappa shape index (κ1) is 94.2. The Morgan fingerprint density at radius 2 is 0.748 bits per heavy atom. The highest BCUT2D eigenvalue weighted by atomic mass is 28.3. The lowest BCUT2D eigenvalue weighted by Crippen LogP contribution is -2.70. The molecule has 3 fully saturated rings. The molecule has 0 radical (unpaired) electrons. The predicted octanol–water partition coefficient (Wildman–Crippen LogP) is 12.3. The van der Waals surface area contributed by atoms with Crippen molar-refractivity contribution in [1.82, 2.24) is 26.2 Å². The van der Waals surface area contributed by atoms with Crippen LogP contribution in [0.25, 0.3) is 0 Å². The van der Waals surface area contributed by atoms with Gasteiger partial charge in [-0.1, -0.05) is 265 Å². The average molecular weight is 1520 g/mol. The minimum absolute atomic E-state index is 0.0442. The summed E-state index contributed by atoms with van der Waals surface area (Å²) in [5.41, 5.74) is 0. The van der Waals surface area contributed by atoms with E-state index in [1.54, 1.807) is 0 Å². The summed E-state index contributed by atoms with van der Waals surface area (Å²) in [6.45, 7) is 23.5. The number of alkyl carbamates (subject to hydrolysis) is 3. The molecule has 2 saturated heterocycles. The molecule has 3 rings (SSSR count). The van der Waals surface area contributed by atoms with E-state index < -0.39 is 153 Å². The highest BCUT2D eigenvalue weighted by Gasteiger charge is 2.55. The van der Waals surface area contributed by atoms with Gasteiger partial charge in [0.15, 0.2) is 12.6 Å². The van der Waals surface area contributed by atoms with E-state index in [2.05, 4.69) is 94.0 Å². The first-order valence-electron chi connectivity index (χ1n) is 40.6. The molecule has 0 unspecified atom stereocenters. The maximum Gasteiger partial charge on any atom is 0.407 e. The molecule has 5 amide bonds. The summed E-state index contributed by atoms with van der Waals surface area (Å²) in [6, 6.07) is -2.39. The van der Waals surface area contributed by atoms with E-state index in [0.29, 0.717) is 31.2 Å². The van der Waals surface area contributed by atoms with Crippen molar-refractivity contribution in [2.24, 2.45) is 0 Å². The third kappa shape index (κ3) is 41.4. The van der Waals surface area contributed by atoms with Crippen LogP contribution in [0.5, 0.6) is 0 Å². The summed E-state index contributed by atoms with van der Waals surface area (Å²) in [5, 5.41) is 91.2. The number of carbonyl (C=O) groups excluding carboxylic acids is 5. The van der Waals surface area contributed by atoms with Crippen molar-refractivity contribution in [2.75, 3.05) is 46.1 Å². The summed E-state index contributed by atoms with van der Waals surface area (Å²) >= 11 is 0. The number of unbranched alkanes of at least 4 members (excludes halogenated alkanes) is 30. The Kier molecular flexibility index (Phi) is 48.4. The number of nitrogens with one attached hydrogen (secondary N) is 4. The molecular weight excluding hydrogens is 1370 g/mol. The van der Waals surface area contributed by atoms with Gasteiger partial charge in [-0.25, -0.2) is 14.4 Å². The number of rotatable bonds is 56. The van der Waals surface area contributed by atoms with E-state index in [-0.39, 0.29) is 45.0 Å². The second-order valence-electron chi connectivity index (χ2n) is 33.5. The monoisotopic (exact) mass is 1520 g/mol. The Labute approximate surface area is 623 Å². The molecule has 11 N–H and O–H groups in total. The van der Waals surface area contributed by atoms with Crippen molar-refractivity contribution in [3.63, 3.8) is 0 Å². The fourth-order valence-corrected chi connectivity index (χ4v) is 15.5. The van der Waals surface area contributed by atoms with Gasteiger partial charge in [-0.2, -0.15) is 0 Å². The lowest BCUT2D eigenvalue weighted by molar-refractivity contribution is -0.334. The number of carbonyl (C=O) groups is 5. The van der Waals surface area contributed by atoms with Crippen LogP contribution < -0.4 is 21.3 Å². The quantitative estimate of drug-likeness (QED) is 0.0153. The number of aliphatic hydroxyl groups is 7. The van der Waals surface area contributed by atoms with Crippen LogP contribution in [0, 0.1) is 0 Å². The molecule has 27 heteroatoms. The molecule has 15 atom stereocenters. The summed E-state index contributed by atoms with van der Waals surface area (Å²) in [6.07, 6.45) is 15.3. The van der Waals surface area contributed by atoms with Crippen LogP contribution >= 0.6 is 0 Å². The first-order valence-corrected chi connectivity index (χ1v) is 51.8. The molecule has 0 aromatic carbocycles. The molecule has 0 aromatic heterocycles. The maximum absolute atomic E-state index is 14.0. The van der Waals surface area contributed by atoms with E-state index in [1.165, 1.54) is 167 Å². The molecule has 103 heavy (non-hydrogen) atoms. The molecule has 604 valence electrons. The molecular formula is C76H149N5O19Si3. The lowest BCUT2D eigenvalue weighted by atomic mass is 9.83. The van der Waals surface area contributed by atoms with Gasteiger partial charge in [0.05, 0.1) is 44.6 Å². The molecule has 0 spiro atoms. The smallest absolute Gasteiger partial charge is 0.407 e. The van der Waals surface area contributed by atoms with Crippen LogP contribution in [-0.2, 0) is 42.7 Å². The number of hydrogen-bond donors (Lipinski definition) is 11. The molecule has 1 saturated carbocycles. The highest BCUT2D eigenvalue weighted by Crippen LogP contribution is 2.34. The van der Waals surface area contributed by atoms with Gasteiger partial charge in [0.2, 0.25) is 11.8 Å². The van der Waals surface area contributed by atoms with E-state index in [0.717, 1.165) is 38.5 Å². The van der Waals surface area contributed by atoms with E-state index in [1.807, 2.05) is 4.90 Å². The Balaban J connectivity index is 1.77. The third-order valence-corrected chi connectivity index (χ3v) is 25.4. The minimum Gasteiger partial charge on any atom is -0.450 e. The van der Waals surface area contributed by atoms with Gasteiger partial charge in [0, 0.05) is 56.7 Å². The molecule has 2 heterocycles. The predicted molar refractivity (Wildman–Crippen MR) is 412 cm³/mol. The fourth-order valence-electron chi connectivity index (χ4n) is 13.4. The van der Waals surface area contributed by atoms with Crippen LogP contribution in [0.4, 0.5) is 14.4 Å². The molecule has 1 aliphatic carbocycles. The Morgan fingerprint density at radius 1 is 0.408 bits per heavy atom. The summed E-state index contributed by atoms with van der Waals surface area (Å²) in [4.78, 5) is 70.2. The van der Waals surface area contributed by atoms with Crippen molar-refractivity contribution < 1.29 is 92.9 Å². The summed E-state index contributed by atoms with van der Waals surface area (Å²) in [5.74, 6) is -0.644. The zero-order chi connectivity index (χ0) is 76.2. The Bertz CT molecular complexity index is 2240. The number of nitrogens with zero attached hydrogens (tertiary/aromatic N) is 1. The van der Waals surface area contributed by atoms with Crippen LogP contribution in [0.1, 0.15) is 239 Å². The van der Waals surface area contributed by atoms with Crippen molar-refractivity contribution in [1.29, 1.82) is 0 Å². The van der Waals surface area contributed by atoms with Gasteiger partial charge in [-0.05, 0) is 37.4 Å². The van der Waals surface area contributed by atoms with Crippen LogP contribution in [-0.4, -0.2) is 233 Å². The maximum atomic E-state index is 14.0. The SMILES string of the molecule is CCCCCCCCCCCCCCCCCCN(CCCCCCCCCCCCCCCCCC)C(=O)CCC(=O)NC[C@H]1O[C@@H](O[C@@H]2[C@H](O)[C@@H](O[C@@H]3O[C@H](CO)[C@@H](O)[C@H](NC(=O)OCC[Si](C)(C)C)[C@H]3O)[C@H](NC(=O)OCC[Si](C)(C)C)C[C@@H]2NC(=O)OCC[Si](C)(C)C)[C@H](O)[C@@H](O)[C@@H]1O. The van der Waals surface area contributed by atoms with Gasteiger partial charge in [0.25, 0.3) is 0 Å². The van der Waals surface area contributed by atoms with Gasteiger partial charge < -0.3 is 95.1 Å². The molecule has 0 bridgehead atoms. The van der Waals surface area contributed by atoms with Gasteiger partial charge in [0.1, 0.15) is 61.0 Å². The van der Waals surface area contributed by atoms with Gasteiger partial charge in [-0.3, -0.25) is 9.59 Å². The number of hydrogen-bond acceptors (Lipinski definition) is 19. The number of aliphatic hydroxyl groups excluding tert-OH is 7. The second kappa shape index (κ2) is 52.9. The molecule has 2 aliphatic heterocycles.